The van der Waals surface area contributed by atoms with Gasteiger partial charge in [0.25, 0.3) is 0 Å². The average Bonchev–Trinajstić information content (AvgIpc) is 2.60. The van der Waals surface area contributed by atoms with Gasteiger partial charge in [0.15, 0.2) is 0 Å². The molecule has 0 spiro atoms. The first-order chi connectivity index (χ1) is 12.3. The van der Waals surface area contributed by atoms with Crippen LogP contribution in [0.1, 0.15) is 20.8 Å². The van der Waals surface area contributed by atoms with Crippen molar-refractivity contribution in [2.24, 2.45) is 5.92 Å². The number of nitrogens with one attached hydrogen (secondary N) is 1. The maximum atomic E-state index is 5.46. The van der Waals surface area contributed by atoms with E-state index < -0.39 is 0 Å². The lowest BCUT2D eigenvalue weighted by Crippen LogP contribution is -2.24. The van der Waals surface area contributed by atoms with Gasteiger partial charge in [-0.2, -0.15) is 0 Å². The molecule has 0 aliphatic heterocycles. The standard InChI is InChI=1S/C18H39NO6/c1-4-20-7-8-22-11-12-24-15-16-25-14-13-23-10-9-21-6-5-19-17-18(2)3/h18-19H,4-17H2,1-3H3. The van der Waals surface area contributed by atoms with Gasteiger partial charge in [-0.1, -0.05) is 13.8 Å². The van der Waals surface area contributed by atoms with E-state index in [1.807, 2.05) is 6.92 Å². The van der Waals surface area contributed by atoms with Crippen LogP contribution in [0, 0.1) is 5.92 Å². The summed E-state index contributed by atoms with van der Waals surface area (Å²) in [6.45, 7) is 15.6. The predicted octanol–water partition coefficient (Wildman–Crippen LogP) is 1.35. The van der Waals surface area contributed by atoms with E-state index in [1.165, 1.54) is 0 Å². The zero-order chi connectivity index (χ0) is 18.4. The van der Waals surface area contributed by atoms with E-state index in [-0.39, 0.29) is 0 Å². The largest absolute Gasteiger partial charge is 0.379 e. The van der Waals surface area contributed by atoms with Crippen molar-refractivity contribution in [3.05, 3.63) is 0 Å². The van der Waals surface area contributed by atoms with Gasteiger partial charge in [0.1, 0.15) is 0 Å². The highest BCUT2D eigenvalue weighted by molar-refractivity contribution is 4.49. The summed E-state index contributed by atoms with van der Waals surface area (Å²) < 4.78 is 32.2. The average molecular weight is 366 g/mol. The molecule has 1 N–H and O–H groups in total. The van der Waals surface area contributed by atoms with Gasteiger partial charge in [-0.25, -0.2) is 0 Å². The van der Waals surface area contributed by atoms with Crippen LogP contribution < -0.4 is 5.32 Å². The van der Waals surface area contributed by atoms with Crippen LogP contribution in [0.25, 0.3) is 0 Å². The molecule has 7 nitrogen and oxygen atoms in total. The first kappa shape index (κ1) is 24.7. The first-order valence-electron chi connectivity index (χ1n) is 9.44. The second-order valence-electron chi connectivity index (χ2n) is 5.86. The van der Waals surface area contributed by atoms with E-state index in [9.17, 15) is 0 Å². The molecule has 0 aromatic heterocycles. The Kier molecular flexibility index (Phi) is 21.5. The van der Waals surface area contributed by atoms with Crippen molar-refractivity contribution < 1.29 is 28.4 Å². The topological polar surface area (TPSA) is 67.4 Å². The minimum atomic E-state index is 0.570. The number of ether oxygens (including phenoxy) is 6. The van der Waals surface area contributed by atoms with E-state index in [2.05, 4.69) is 19.2 Å². The van der Waals surface area contributed by atoms with Crippen molar-refractivity contribution in [1.29, 1.82) is 0 Å². The van der Waals surface area contributed by atoms with Gasteiger partial charge in [0.2, 0.25) is 0 Å². The van der Waals surface area contributed by atoms with Gasteiger partial charge in [0, 0.05) is 13.2 Å². The Hall–Kier alpha value is -0.280. The molecule has 7 heteroatoms. The van der Waals surface area contributed by atoms with Gasteiger partial charge in [-0.15, -0.1) is 0 Å². The van der Waals surface area contributed by atoms with Gasteiger partial charge < -0.3 is 33.7 Å². The lowest BCUT2D eigenvalue weighted by Gasteiger charge is -2.09. The van der Waals surface area contributed by atoms with E-state index >= 15 is 0 Å². The Morgan fingerprint density at radius 3 is 1.28 bits per heavy atom. The first-order valence-corrected chi connectivity index (χ1v) is 9.44. The highest BCUT2D eigenvalue weighted by Crippen LogP contribution is 1.87. The molecule has 0 aliphatic rings. The SMILES string of the molecule is CCOCCOCCOCCOCCOCCOCCNCC(C)C. The minimum Gasteiger partial charge on any atom is -0.379 e. The maximum absolute atomic E-state index is 5.46. The summed E-state index contributed by atoms with van der Waals surface area (Å²) in [7, 11) is 0. The number of hydrogen-bond donors (Lipinski definition) is 1. The summed E-state index contributed by atoms with van der Waals surface area (Å²) in [4.78, 5) is 0. The van der Waals surface area contributed by atoms with E-state index in [4.69, 9.17) is 28.4 Å². The Morgan fingerprint density at radius 1 is 0.560 bits per heavy atom. The van der Waals surface area contributed by atoms with Gasteiger partial charge in [0.05, 0.1) is 72.7 Å². The normalized spacial score (nSPS) is 11.5. The van der Waals surface area contributed by atoms with E-state index in [0.717, 1.165) is 26.3 Å². The zero-order valence-corrected chi connectivity index (χ0v) is 16.4. The third kappa shape index (κ3) is 23.7. The molecule has 0 unspecified atom stereocenters. The monoisotopic (exact) mass is 365 g/mol. The third-order valence-electron chi connectivity index (χ3n) is 3.04. The minimum absolute atomic E-state index is 0.570. The third-order valence-corrected chi connectivity index (χ3v) is 3.04. The zero-order valence-electron chi connectivity index (χ0n) is 16.4. The van der Waals surface area contributed by atoms with Crippen molar-refractivity contribution in [3.63, 3.8) is 0 Å². The predicted molar refractivity (Wildman–Crippen MR) is 98.3 cm³/mol. The Labute approximate surface area is 153 Å². The van der Waals surface area contributed by atoms with Crippen LogP contribution in [0.5, 0.6) is 0 Å². The fourth-order valence-electron chi connectivity index (χ4n) is 1.78. The highest BCUT2D eigenvalue weighted by atomic mass is 16.6. The second kappa shape index (κ2) is 21.8. The Balaban J connectivity index is 2.96. The highest BCUT2D eigenvalue weighted by Gasteiger charge is 1.95. The van der Waals surface area contributed by atoms with Crippen molar-refractivity contribution >= 4 is 0 Å². The summed E-state index contributed by atoms with van der Waals surface area (Å²) in [5, 5.41) is 3.33. The maximum Gasteiger partial charge on any atom is 0.0701 e. The molecule has 0 aromatic rings. The molecule has 0 saturated carbocycles. The molecule has 0 saturated heterocycles. The molecule has 0 heterocycles. The van der Waals surface area contributed by atoms with Crippen LogP contribution in [-0.4, -0.2) is 92.4 Å². The number of rotatable bonds is 21. The Morgan fingerprint density at radius 2 is 0.920 bits per heavy atom. The van der Waals surface area contributed by atoms with Crippen molar-refractivity contribution in [3.8, 4) is 0 Å². The summed E-state index contributed by atoms with van der Waals surface area (Å²) in [6, 6.07) is 0. The second-order valence-corrected chi connectivity index (χ2v) is 5.86. The van der Waals surface area contributed by atoms with Crippen molar-refractivity contribution in [2.75, 3.05) is 92.4 Å². The molecular weight excluding hydrogens is 326 g/mol. The molecule has 0 aromatic carbocycles. The van der Waals surface area contributed by atoms with Crippen LogP contribution in [0.3, 0.4) is 0 Å². The van der Waals surface area contributed by atoms with E-state index in [0.29, 0.717) is 72.0 Å². The fraction of sp³-hybridized carbons (Fsp3) is 1.00. The quantitative estimate of drug-likeness (QED) is 0.308. The van der Waals surface area contributed by atoms with Crippen molar-refractivity contribution in [1.82, 2.24) is 5.32 Å². The number of hydrogen-bond acceptors (Lipinski definition) is 7. The van der Waals surface area contributed by atoms with Gasteiger partial charge >= 0.3 is 0 Å². The van der Waals surface area contributed by atoms with Gasteiger partial charge in [-0.05, 0) is 19.4 Å². The fourth-order valence-corrected chi connectivity index (χ4v) is 1.78. The molecule has 0 bridgehead atoms. The van der Waals surface area contributed by atoms with Crippen LogP contribution in [-0.2, 0) is 28.4 Å². The lowest BCUT2D eigenvalue weighted by molar-refractivity contribution is -0.0160. The van der Waals surface area contributed by atoms with Gasteiger partial charge in [-0.3, -0.25) is 0 Å². The molecule has 0 aliphatic carbocycles. The molecule has 152 valence electrons. The summed E-state index contributed by atoms with van der Waals surface area (Å²) in [6.07, 6.45) is 0. The molecular formula is C18H39NO6. The summed E-state index contributed by atoms with van der Waals surface area (Å²) >= 11 is 0. The van der Waals surface area contributed by atoms with Crippen LogP contribution in [0.2, 0.25) is 0 Å². The van der Waals surface area contributed by atoms with Crippen LogP contribution in [0.4, 0.5) is 0 Å². The molecule has 0 radical (unpaired) electrons. The molecule has 25 heavy (non-hydrogen) atoms. The van der Waals surface area contributed by atoms with E-state index in [1.54, 1.807) is 0 Å². The van der Waals surface area contributed by atoms with Crippen molar-refractivity contribution in [2.45, 2.75) is 20.8 Å². The lowest BCUT2D eigenvalue weighted by atomic mass is 10.2. The smallest absolute Gasteiger partial charge is 0.0701 e. The molecule has 0 fully saturated rings. The van der Waals surface area contributed by atoms with Crippen LogP contribution >= 0.6 is 0 Å². The molecule has 0 rings (SSSR count). The molecule has 0 atom stereocenters. The molecule has 0 amide bonds. The Bertz CT molecular complexity index is 244. The summed E-state index contributed by atoms with van der Waals surface area (Å²) in [5.74, 6) is 0.674. The summed E-state index contributed by atoms with van der Waals surface area (Å²) in [5.41, 5.74) is 0. The van der Waals surface area contributed by atoms with Crippen LogP contribution in [0.15, 0.2) is 0 Å².